The molecule has 0 spiro atoms. The topological polar surface area (TPSA) is 68.5 Å². The predicted octanol–water partition coefficient (Wildman–Crippen LogP) is 3.86. The fraction of sp³-hybridized carbons (Fsp3) is 0.350. The molecule has 5 nitrogen and oxygen atoms in total. The van der Waals surface area contributed by atoms with E-state index in [9.17, 15) is 13.6 Å². The second-order valence-corrected chi connectivity index (χ2v) is 8.15. The number of aliphatic imine (C=N–C) groups is 1. The molecule has 0 saturated carbocycles. The summed E-state index contributed by atoms with van der Waals surface area (Å²) in [6.45, 7) is 2.25. The molecule has 1 aliphatic rings. The van der Waals surface area contributed by atoms with Crippen molar-refractivity contribution in [3.63, 3.8) is 0 Å². The molecule has 0 aliphatic carbocycles. The Morgan fingerprint density at radius 1 is 1.24 bits per heavy atom. The van der Waals surface area contributed by atoms with Crippen LogP contribution in [0.5, 0.6) is 0 Å². The molecule has 1 N–H and O–H groups in total. The number of hydrogen-bond donors (Lipinski definition) is 1. The van der Waals surface area contributed by atoms with Gasteiger partial charge in [-0.2, -0.15) is 5.26 Å². The zero-order valence-corrected chi connectivity index (χ0v) is 17.1. The Kier molecular flexibility index (Phi) is 4.95. The van der Waals surface area contributed by atoms with Gasteiger partial charge in [0.05, 0.1) is 0 Å². The van der Waals surface area contributed by atoms with Crippen molar-refractivity contribution in [1.82, 2.24) is 10.2 Å². The zero-order valence-electron chi connectivity index (χ0n) is 16.3. The van der Waals surface area contributed by atoms with Gasteiger partial charge in [0.15, 0.2) is 0 Å². The third kappa shape index (κ3) is 3.08. The summed E-state index contributed by atoms with van der Waals surface area (Å²) in [5.74, 6) is -3.81. The van der Waals surface area contributed by atoms with Crippen molar-refractivity contribution in [2.45, 2.75) is 31.0 Å². The highest BCUT2D eigenvalue weighted by atomic mass is 32.1. The van der Waals surface area contributed by atoms with E-state index in [1.807, 2.05) is 6.07 Å². The lowest BCUT2D eigenvalue weighted by atomic mass is 9.74. The SMILES string of the molecule is CN=C1NC(C)(c2ccc(C#N)s2)[C@](F)(c2ccc(C(C)(F)F)cc2)C(=O)N1C. The minimum Gasteiger partial charge on any atom is -0.342 e. The Labute approximate surface area is 170 Å². The molecule has 1 saturated heterocycles. The number of carbonyl (C=O) groups excluding carboxylic acids is 1. The Balaban J connectivity index is 2.23. The Hall–Kier alpha value is -2.86. The smallest absolute Gasteiger partial charge is 0.274 e. The number of halogens is 3. The fourth-order valence-corrected chi connectivity index (χ4v) is 4.39. The van der Waals surface area contributed by atoms with Gasteiger partial charge in [-0.05, 0) is 19.1 Å². The Morgan fingerprint density at radius 2 is 1.86 bits per heavy atom. The third-order valence-electron chi connectivity index (χ3n) is 5.18. The van der Waals surface area contributed by atoms with Crippen LogP contribution in [0.1, 0.15) is 34.7 Å². The molecule has 1 fully saturated rings. The van der Waals surface area contributed by atoms with Crippen LogP contribution in [-0.2, 0) is 21.9 Å². The second kappa shape index (κ2) is 6.88. The number of nitriles is 1. The number of rotatable bonds is 3. The lowest BCUT2D eigenvalue weighted by Crippen LogP contribution is -2.70. The van der Waals surface area contributed by atoms with E-state index < -0.39 is 23.0 Å². The van der Waals surface area contributed by atoms with Gasteiger partial charge in [-0.15, -0.1) is 11.3 Å². The number of likely N-dealkylation sites (N-methyl/N-ethyl adjacent to an activating group) is 1. The maximum absolute atomic E-state index is 16.8. The number of benzene rings is 1. The van der Waals surface area contributed by atoms with E-state index in [2.05, 4.69) is 10.3 Å². The van der Waals surface area contributed by atoms with Crippen LogP contribution in [0.3, 0.4) is 0 Å². The van der Waals surface area contributed by atoms with Gasteiger partial charge in [0.1, 0.15) is 16.5 Å². The molecule has 9 heteroatoms. The largest absolute Gasteiger partial charge is 0.342 e. The number of alkyl halides is 3. The monoisotopic (exact) mass is 420 g/mol. The van der Waals surface area contributed by atoms with Gasteiger partial charge in [0, 0.05) is 37.0 Å². The number of nitrogens with one attached hydrogen (secondary N) is 1. The first kappa shape index (κ1) is 20.9. The number of thiophene rings is 1. The molecule has 2 atom stereocenters. The van der Waals surface area contributed by atoms with Crippen molar-refractivity contribution >= 4 is 23.2 Å². The van der Waals surface area contributed by atoms with Gasteiger partial charge in [-0.25, -0.2) is 13.2 Å². The van der Waals surface area contributed by atoms with Gasteiger partial charge in [0.25, 0.3) is 11.8 Å². The molecule has 1 aliphatic heterocycles. The summed E-state index contributed by atoms with van der Waals surface area (Å²) in [5, 5.41) is 12.1. The van der Waals surface area contributed by atoms with Crippen molar-refractivity contribution in [3.05, 3.63) is 57.3 Å². The molecule has 0 bridgehead atoms. The highest BCUT2D eigenvalue weighted by Crippen LogP contribution is 2.49. The summed E-state index contributed by atoms with van der Waals surface area (Å²) in [7, 11) is 2.85. The van der Waals surface area contributed by atoms with E-state index in [0.717, 1.165) is 35.3 Å². The van der Waals surface area contributed by atoms with E-state index in [4.69, 9.17) is 5.26 Å². The van der Waals surface area contributed by atoms with Crippen molar-refractivity contribution < 1.29 is 18.0 Å². The standard InChI is InChI=1S/C20H19F3N4OS/c1-18(15-10-9-14(11-24)29-15)20(23,16(28)27(4)17(25-3)26-18)13-7-5-12(6-8-13)19(2,21)22/h5-10H,1-4H3,(H,25,26)/t18?,20-/m0/s1. The fourth-order valence-electron chi connectivity index (χ4n) is 3.44. The normalized spacial score (nSPS) is 26.3. The predicted molar refractivity (Wildman–Crippen MR) is 104 cm³/mol. The first-order chi connectivity index (χ1) is 13.5. The van der Waals surface area contributed by atoms with E-state index >= 15 is 4.39 Å². The molecule has 1 amide bonds. The Bertz CT molecular complexity index is 1020. The molecule has 1 aromatic carbocycles. The number of hydrogen-bond acceptors (Lipinski definition) is 4. The third-order valence-corrected chi connectivity index (χ3v) is 6.39. The van der Waals surface area contributed by atoms with Crippen LogP contribution in [0.4, 0.5) is 13.2 Å². The summed E-state index contributed by atoms with van der Waals surface area (Å²) in [6.07, 6.45) is 0. The van der Waals surface area contributed by atoms with Crippen molar-refractivity contribution in [2.75, 3.05) is 14.1 Å². The molecule has 2 heterocycles. The van der Waals surface area contributed by atoms with Crippen molar-refractivity contribution in [1.29, 1.82) is 5.26 Å². The summed E-state index contributed by atoms with van der Waals surface area (Å²) in [4.78, 5) is 19.0. The molecule has 1 unspecified atom stereocenters. The summed E-state index contributed by atoms with van der Waals surface area (Å²) in [5.41, 5.74) is -4.59. The molecular weight excluding hydrogens is 401 g/mol. The van der Waals surface area contributed by atoms with Gasteiger partial charge in [-0.1, -0.05) is 24.3 Å². The molecule has 1 aromatic heterocycles. The molecule has 152 valence electrons. The average Bonchev–Trinajstić information content (AvgIpc) is 3.18. The molecule has 2 aromatic rings. The number of guanidine groups is 1. The zero-order chi connectivity index (χ0) is 21.6. The van der Waals surface area contributed by atoms with Crippen LogP contribution in [0.2, 0.25) is 0 Å². The molecule has 3 rings (SSSR count). The van der Waals surface area contributed by atoms with Gasteiger partial charge >= 0.3 is 0 Å². The van der Waals surface area contributed by atoms with Crippen molar-refractivity contribution in [2.24, 2.45) is 4.99 Å². The van der Waals surface area contributed by atoms with Gasteiger partial charge < -0.3 is 5.32 Å². The van der Waals surface area contributed by atoms with Crippen LogP contribution in [-0.4, -0.2) is 30.9 Å². The Morgan fingerprint density at radius 3 is 2.34 bits per heavy atom. The summed E-state index contributed by atoms with van der Waals surface area (Å²) in [6, 6.07) is 9.74. The molecule has 0 radical (unpaired) electrons. The first-order valence-electron chi connectivity index (χ1n) is 8.70. The number of carbonyl (C=O) groups is 1. The minimum absolute atomic E-state index is 0.0700. The first-order valence-corrected chi connectivity index (χ1v) is 9.52. The summed E-state index contributed by atoms with van der Waals surface area (Å²) >= 11 is 1.05. The van der Waals surface area contributed by atoms with E-state index in [-0.39, 0.29) is 17.1 Å². The average molecular weight is 420 g/mol. The van der Waals surface area contributed by atoms with Crippen LogP contribution in [0, 0.1) is 11.3 Å². The lowest BCUT2D eigenvalue weighted by molar-refractivity contribution is -0.149. The molecule has 29 heavy (non-hydrogen) atoms. The second-order valence-electron chi connectivity index (χ2n) is 7.06. The number of amides is 1. The highest BCUT2D eigenvalue weighted by molar-refractivity contribution is 7.12. The maximum atomic E-state index is 16.8. The minimum atomic E-state index is -3.09. The van der Waals surface area contributed by atoms with Crippen LogP contribution < -0.4 is 5.32 Å². The van der Waals surface area contributed by atoms with Crippen LogP contribution >= 0.6 is 11.3 Å². The van der Waals surface area contributed by atoms with E-state index in [1.165, 1.54) is 33.2 Å². The summed E-state index contributed by atoms with van der Waals surface area (Å²) < 4.78 is 43.9. The van der Waals surface area contributed by atoms with Crippen LogP contribution in [0.15, 0.2) is 41.4 Å². The van der Waals surface area contributed by atoms with Crippen molar-refractivity contribution in [3.8, 4) is 6.07 Å². The van der Waals surface area contributed by atoms with Gasteiger partial charge in [-0.3, -0.25) is 14.7 Å². The lowest BCUT2D eigenvalue weighted by Gasteiger charge is -2.49. The van der Waals surface area contributed by atoms with E-state index in [1.54, 1.807) is 12.1 Å². The number of nitrogens with zero attached hydrogens (tertiary/aromatic N) is 3. The quantitative estimate of drug-likeness (QED) is 0.820. The highest BCUT2D eigenvalue weighted by Gasteiger charge is 2.63. The van der Waals surface area contributed by atoms with E-state index in [0.29, 0.717) is 9.75 Å². The van der Waals surface area contributed by atoms with Gasteiger partial charge in [0.2, 0.25) is 11.6 Å². The molecular formula is C20H19F3N4OS. The van der Waals surface area contributed by atoms with Crippen LogP contribution in [0.25, 0.3) is 0 Å². The maximum Gasteiger partial charge on any atom is 0.274 e.